The smallest absolute Gasteiger partial charge is 0.167 e. The summed E-state index contributed by atoms with van der Waals surface area (Å²) in [5.74, 6) is 0. The molecule has 0 unspecified atom stereocenters. The molecule has 0 aliphatic heterocycles. The summed E-state index contributed by atoms with van der Waals surface area (Å²) >= 11 is 7.25. The zero-order valence-electron chi connectivity index (χ0n) is 14.7. The summed E-state index contributed by atoms with van der Waals surface area (Å²) in [5, 5.41) is 9.62. The Morgan fingerprint density at radius 1 is 1.21 bits per heavy atom. The van der Waals surface area contributed by atoms with Gasteiger partial charge >= 0.3 is 0 Å². The second kappa shape index (κ2) is 9.77. The van der Waals surface area contributed by atoms with E-state index >= 15 is 0 Å². The lowest BCUT2D eigenvalue weighted by atomic mass is 10.0. The molecule has 130 valence electrons. The average molecular weight is 362 g/mol. The van der Waals surface area contributed by atoms with E-state index in [0.29, 0.717) is 5.11 Å². The van der Waals surface area contributed by atoms with E-state index in [1.54, 1.807) is 11.3 Å². The van der Waals surface area contributed by atoms with Crippen LogP contribution in [0.25, 0.3) is 0 Å². The fraction of sp³-hybridized carbons (Fsp3) is 0.421. The topological polar surface area (TPSA) is 27.3 Å². The standard InChI is InChI=1S/C19H27N3S2/c1-4-15-8-10-16(11-9-15)18(17-7-5-14-24-17)21-19(23)20-12-6-13-22(2)3/h5,7-11,14,18H,4,6,12-13H2,1-3H3,(H2,20,21,23)/t18-/m0/s1. The van der Waals surface area contributed by atoms with Crippen LogP contribution in [0, 0.1) is 0 Å². The van der Waals surface area contributed by atoms with Crippen molar-refractivity contribution in [2.45, 2.75) is 25.8 Å². The van der Waals surface area contributed by atoms with E-state index in [9.17, 15) is 0 Å². The third-order valence-corrected chi connectivity index (χ3v) is 5.09. The van der Waals surface area contributed by atoms with Crippen molar-refractivity contribution in [1.82, 2.24) is 15.5 Å². The molecule has 1 atom stereocenters. The molecule has 0 saturated heterocycles. The summed E-state index contributed by atoms with van der Waals surface area (Å²) < 4.78 is 0. The molecule has 0 aliphatic rings. The Bertz CT molecular complexity index is 606. The lowest BCUT2D eigenvalue weighted by Crippen LogP contribution is -2.38. The van der Waals surface area contributed by atoms with Gasteiger partial charge in [0.05, 0.1) is 6.04 Å². The molecule has 0 bridgehead atoms. The first-order chi connectivity index (χ1) is 11.6. The highest BCUT2D eigenvalue weighted by Gasteiger charge is 2.16. The predicted molar refractivity (Wildman–Crippen MR) is 109 cm³/mol. The first-order valence-electron chi connectivity index (χ1n) is 8.41. The normalized spacial score (nSPS) is 12.2. The molecular formula is C19H27N3S2. The van der Waals surface area contributed by atoms with Crippen molar-refractivity contribution in [2.24, 2.45) is 0 Å². The van der Waals surface area contributed by atoms with Crippen LogP contribution in [0.5, 0.6) is 0 Å². The van der Waals surface area contributed by atoms with Crippen LogP contribution < -0.4 is 10.6 Å². The molecule has 0 spiro atoms. The summed E-state index contributed by atoms with van der Waals surface area (Å²) in [6.45, 7) is 4.12. The van der Waals surface area contributed by atoms with Gasteiger partial charge < -0.3 is 15.5 Å². The van der Waals surface area contributed by atoms with Crippen LogP contribution in [0.3, 0.4) is 0 Å². The van der Waals surface area contributed by atoms with E-state index in [4.69, 9.17) is 12.2 Å². The highest BCUT2D eigenvalue weighted by Crippen LogP contribution is 2.26. The van der Waals surface area contributed by atoms with Crippen LogP contribution in [0.4, 0.5) is 0 Å². The van der Waals surface area contributed by atoms with Crippen LogP contribution in [-0.4, -0.2) is 37.2 Å². The molecule has 0 fully saturated rings. The maximum atomic E-state index is 5.50. The number of thiocarbonyl (C=S) groups is 1. The second-order valence-corrected chi connectivity index (χ2v) is 7.49. The van der Waals surface area contributed by atoms with Crippen LogP contribution in [0.15, 0.2) is 41.8 Å². The summed E-state index contributed by atoms with van der Waals surface area (Å²) in [6, 6.07) is 13.1. The Morgan fingerprint density at radius 2 is 1.96 bits per heavy atom. The van der Waals surface area contributed by atoms with Crippen molar-refractivity contribution < 1.29 is 0 Å². The maximum absolute atomic E-state index is 5.50. The molecule has 24 heavy (non-hydrogen) atoms. The van der Waals surface area contributed by atoms with Crippen molar-refractivity contribution in [1.29, 1.82) is 0 Å². The van der Waals surface area contributed by atoms with Gasteiger partial charge in [0, 0.05) is 11.4 Å². The Balaban J connectivity index is 2.00. The average Bonchev–Trinajstić information content (AvgIpc) is 3.11. The van der Waals surface area contributed by atoms with E-state index in [2.05, 4.69) is 78.3 Å². The maximum Gasteiger partial charge on any atom is 0.167 e. The van der Waals surface area contributed by atoms with Gasteiger partial charge in [0.1, 0.15) is 0 Å². The molecule has 2 rings (SSSR count). The highest BCUT2D eigenvalue weighted by molar-refractivity contribution is 7.80. The fourth-order valence-corrected chi connectivity index (χ4v) is 3.52. The van der Waals surface area contributed by atoms with Gasteiger partial charge in [0.2, 0.25) is 0 Å². The number of nitrogens with one attached hydrogen (secondary N) is 2. The molecule has 3 nitrogen and oxygen atoms in total. The summed E-state index contributed by atoms with van der Waals surface area (Å²) in [5.41, 5.74) is 2.60. The van der Waals surface area contributed by atoms with Crippen LogP contribution >= 0.6 is 23.6 Å². The Kier molecular flexibility index (Phi) is 7.69. The van der Waals surface area contributed by atoms with Gasteiger partial charge in [-0.05, 0) is 68.3 Å². The van der Waals surface area contributed by atoms with Crippen molar-refractivity contribution in [2.75, 3.05) is 27.2 Å². The first-order valence-corrected chi connectivity index (χ1v) is 9.70. The van der Waals surface area contributed by atoms with Crippen LogP contribution in [-0.2, 0) is 6.42 Å². The lowest BCUT2D eigenvalue weighted by Gasteiger charge is -2.21. The zero-order chi connectivity index (χ0) is 17.4. The molecule has 2 aromatic rings. The molecule has 1 aromatic heterocycles. The first kappa shape index (κ1) is 18.9. The van der Waals surface area contributed by atoms with Gasteiger partial charge in [0.15, 0.2) is 5.11 Å². The van der Waals surface area contributed by atoms with Crippen molar-refractivity contribution >= 4 is 28.7 Å². The van der Waals surface area contributed by atoms with Crippen LogP contribution in [0.1, 0.15) is 35.4 Å². The minimum absolute atomic E-state index is 0.102. The van der Waals surface area contributed by atoms with Gasteiger partial charge in [-0.1, -0.05) is 37.3 Å². The molecule has 1 aromatic carbocycles. The molecule has 0 radical (unpaired) electrons. The second-order valence-electron chi connectivity index (χ2n) is 6.10. The third kappa shape index (κ3) is 5.89. The van der Waals surface area contributed by atoms with Gasteiger partial charge in [-0.2, -0.15) is 0 Å². The minimum Gasteiger partial charge on any atom is -0.363 e. The summed E-state index contributed by atoms with van der Waals surface area (Å²) in [4.78, 5) is 3.46. The Hall–Kier alpha value is -1.43. The number of thiophene rings is 1. The van der Waals surface area contributed by atoms with Gasteiger partial charge in [-0.3, -0.25) is 0 Å². The molecular weight excluding hydrogens is 334 g/mol. The van der Waals surface area contributed by atoms with Gasteiger partial charge in [0.25, 0.3) is 0 Å². The predicted octanol–water partition coefficient (Wildman–Crippen LogP) is 3.82. The third-order valence-electron chi connectivity index (χ3n) is 3.89. The van der Waals surface area contributed by atoms with Gasteiger partial charge in [-0.25, -0.2) is 0 Å². The number of nitrogens with zero attached hydrogens (tertiary/aromatic N) is 1. The number of aryl methyl sites for hydroxylation is 1. The molecule has 2 N–H and O–H groups in total. The molecule has 0 saturated carbocycles. The molecule has 0 amide bonds. The SMILES string of the molecule is CCc1ccc([C@H](NC(=S)NCCCN(C)C)c2cccs2)cc1. The molecule has 0 aliphatic carbocycles. The lowest BCUT2D eigenvalue weighted by molar-refractivity contribution is 0.400. The number of benzene rings is 1. The van der Waals surface area contributed by atoms with Crippen molar-refractivity contribution in [3.05, 3.63) is 57.8 Å². The fourth-order valence-electron chi connectivity index (χ4n) is 2.50. The highest BCUT2D eigenvalue weighted by atomic mass is 32.1. The summed E-state index contributed by atoms with van der Waals surface area (Å²) in [6.07, 6.45) is 2.13. The monoisotopic (exact) mass is 361 g/mol. The van der Waals surface area contributed by atoms with Crippen molar-refractivity contribution in [3.63, 3.8) is 0 Å². The largest absolute Gasteiger partial charge is 0.363 e. The molecule has 5 heteroatoms. The Labute approximate surface area is 155 Å². The van der Waals surface area contributed by atoms with E-state index in [1.165, 1.54) is 16.0 Å². The van der Waals surface area contributed by atoms with Gasteiger partial charge in [-0.15, -0.1) is 11.3 Å². The van der Waals surface area contributed by atoms with E-state index in [1.807, 2.05) is 0 Å². The van der Waals surface area contributed by atoms with E-state index < -0.39 is 0 Å². The Morgan fingerprint density at radius 3 is 2.54 bits per heavy atom. The number of hydrogen-bond donors (Lipinski definition) is 2. The quantitative estimate of drug-likeness (QED) is 0.552. The van der Waals surface area contributed by atoms with E-state index in [-0.39, 0.29) is 6.04 Å². The van der Waals surface area contributed by atoms with E-state index in [0.717, 1.165) is 25.9 Å². The molecule has 1 heterocycles. The van der Waals surface area contributed by atoms with Crippen molar-refractivity contribution in [3.8, 4) is 0 Å². The zero-order valence-corrected chi connectivity index (χ0v) is 16.3. The number of rotatable bonds is 8. The minimum atomic E-state index is 0.102. The summed E-state index contributed by atoms with van der Waals surface area (Å²) in [7, 11) is 4.17. The van der Waals surface area contributed by atoms with Crippen LogP contribution in [0.2, 0.25) is 0 Å². The number of hydrogen-bond acceptors (Lipinski definition) is 3.